The molecule has 4 nitrogen and oxygen atoms in total. The summed E-state index contributed by atoms with van der Waals surface area (Å²) in [7, 11) is 0. The number of hydrogen-bond donors (Lipinski definition) is 1. The second-order valence-electron chi connectivity index (χ2n) is 6.35. The van der Waals surface area contributed by atoms with Gasteiger partial charge < -0.3 is 14.8 Å². The SMILES string of the molecule is Cc1cc(C)c(C(=O)N[C@H](C)c2ccc3c(c2)OCCO3)cc1C. The van der Waals surface area contributed by atoms with Gasteiger partial charge in [-0.3, -0.25) is 4.79 Å². The molecule has 0 saturated carbocycles. The number of carbonyl (C=O) groups is 1. The number of benzene rings is 2. The third-order valence-corrected chi connectivity index (χ3v) is 4.50. The van der Waals surface area contributed by atoms with Gasteiger partial charge in [0, 0.05) is 5.56 Å². The first-order valence-electron chi connectivity index (χ1n) is 8.24. The minimum absolute atomic E-state index is 0.0574. The zero-order valence-corrected chi connectivity index (χ0v) is 14.6. The van der Waals surface area contributed by atoms with Gasteiger partial charge in [-0.1, -0.05) is 12.1 Å². The first-order chi connectivity index (χ1) is 11.5. The Bertz CT molecular complexity index is 783. The number of amides is 1. The summed E-state index contributed by atoms with van der Waals surface area (Å²) in [5.41, 5.74) is 5.03. The molecule has 1 amide bonds. The quantitative estimate of drug-likeness (QED) is 0.932. The first-order valence-corrected chi connectivity index (χ1v) is 8.24. The van der Waals surface area contributed by atoms with E-state index in [9.17, 15) is 4.79 Å². The van der Waals surface area contributed by atoms with Crippen molar-refractivity contribution < 1.29 is 14.3 Å². The van der Waals surface area contributed by atoms with Gasteiger partial charge in [-0.25, -0.2) is 0 Å². The van der Waals surface area contributed by atoms with Gasteiger partial charge in [0.25, 0.3) is 5.91 Å². The normalized spacial score (nSPS) is 14.2. The Kier molecular flexibility index (Phi) is 4.47. The summed E-state index contributed by atoms with van der Waals surface area (Å²) in [6, 6.07) is 9.69. The van der Waals surface area contributed by atoms with E-state index in [2.05, 4.69) is 18.3 Å². The Morgan fingerprint density at radius 3 is 2.38 bits per heavy atom. The van der Waals surface area contributed by atoms with Crippen LogP contribution in [-0.4, -0.2) is 19.1 Å². The van der Waals surface area contributed by atoms with Crippen molar-refractivity contribution in [2.75, 3.05) is 13.2 Å². The molecule has 4 heteroatoms. The third-order valence-electron chi connectivity index (χ3n) is 4.50. The molecule has 0 radical (unpaired) electrons. The minimum atomic E-state index is -0.116. The number of fused-ring (bicyclic) bond motifs is 1. The maximum atomic E-state index is 12.6. The van der Waals surface area contributed by atoms with E-state index in [0.717, 1.165) is 33.8 Å². The monoisotopic (exact) mass is 325 g/mol. The second kappa shape index (κ2) is 6.56. The van der Waals surface area contributed by atoms with Gasteiger partial charge in [0.05, 0.1) is 6.04 Å². The molecule has 0 saturated heterocycles. The van der Waals surface area contributed by atoms with E-state index >= 15 is 0 Å². The zero-order valence-electron chi connectivity index (χ0n) is 14.6. The lowest BCUT2D eigenvalue weighted by molar-refractivity contribution is 0.0939. The summed E-state index contributed by atoms with van der Waals surface area (Å²) in [5.74, 6) is 1.44. The molecule has 1 aliphatic heterocycles. The van der Waals surface area contributed by atoms with E-state index in [1.54, 1.807) is 0 Å². The van der Waals surface area contributed by atoms with Crippen LogP contribution in [0.25, 0.3) is 0 Å². The molecule has 24 heavy (non-hydrogen) atoms. The van der Waals surface area contributed by atoms with E-state index < -0.39 is 0 Å². The average molecular weight is 325 g/mol. The molecule has 126 valence electrons. The van der Waals surface area contributed by atoms with Crippen molar-refractivity contribution in [1.82, 2.24) is 5.32 Å². The van der Waals surface area contributed by atoms with Crippen molar-refractivity contribution in [3.8, 4) is 11.5 Å². The molecule has 0 bridgehead atoms. The molecular formula is C20H23NO3. The molecule has 0 fully saturated rings. The highest BCUT2D eigenvalue weighted by atomic mass is 16.6. The van der Waals surface area contributed by atoms with Crippen LogP contribution in [0.2, 0.25) is 0 Å². The fraction of sp³-hybridized carbons (Fsp3) is 0.350. The van der Waals surface area contributed by atoms with Gasteiger partial charge in [0.1, 0.15) is 13.2 Å². The van der Waals surface area contributed by atoms with Crippen LogP contribution in [0.1, 0.15) is 45.6 Å². The van der Waals surface area contributed by atoms with E-state index in [0.29, 0.717) is 13.2 Å². The molecule has 1 aliphatic rings. The largest absolute Gasteiger partial charge is 0.486 e. The summed E-state index contributed by atoms with van der Waals surface area (Å²) in [6.45, 7) is 9.15. The lowest BCUT2D eigenvalue weighted by atomic mass is 9.99. The van der Waals surface area contributed by atoms with E-state index in [-0.39, 0.29) is 11.9 Å². The number of aryl methyl sites for hydroxylation is 3. The molecule has 0 spiro atoms. The molecule has 1 N–H and O–H groups in total. The molecule has 2 aromatic carbocycles. The first kappa shape index (κ1) is 16.4. The highest BCUT2D eigenvalue weighted by Crippen LogP contribution is 2.32. The van der Waals surface area contributed by atoms with Crippen LogP contribution in [-0.2, 0) is 0 Å². The van der Waals surface area contributed by atoms with Crippen LogP contribution in [0.4, 0.5) is 0 Å². The van der Waals surface area contributed by atoms with Crippen molar-refractivity contribution in [2.24, 2.45) is 0 Å². The van der Waals surface area contributed by atoms with Crippen molar-refractivity contribution in [1.29, 1.82) is 0 Å². The zero-order chi connectivity index (χ0) is 17.3. The number of nitrogens with one attached hydrogen (secondary N) is 1. The van der Waals surface area contributed by atoms with E-state index in [1.807, 2.05) is 45.0 Å². The Morgan fingerprint density at radius 1 is 0.958 bits per heavy atom. The molecule has 0 unspecified atom stereocenters. The van der Waals surface area contributed by atoms with Crippen LogP contribution in [0.15, 0.2) is 30.3 Å². The van der Waals surface area contributed by atoms with Crippen LogP contribution < -0.4 is 14.8 Å². The highest BCUT2D eigenvalue weighted by molar-refractivity contribution is 5.96. The third kappa shape index (κ3) is 3.23. The molecule has 0 aromatic heterocycles. The average Bonchev–Trinajstić information content (AvgIpc) is 2.57. The number of carbonyl (C=O) groups excluding carboxylic acids is 1. The molecule has 1 heterocycles. The number of ether oxygens (including phenoxy) is 2. The van der Waals surface area contributed by atoms with Crippen LogP contribution in [0.5, 0.6) is 11.5 Å². The lowest BCUT2D eigenvalue weighted by Crippen LogP contribution is -2.27. The standard InChI is InChI=1S/C20H23NO3/c1-12-9-14(3)17(10-13(12)2)20(22)21-15(4)16-5-6-18-19(11-16)24-8-7-23-18/h5-6,9-11,15H,7-8H2,1-4H3,(H,21,22)/t15-/m1/s1. The Hall–Kier alpha value is -2.49. The van der Waals surface area contributed by atoms with Gasteiger partial charge in [-0.15, -0.1) is 0 Å². The fourth-order valence-corrected chi connectivity index (χ4v) is 2.89. The van der Waals surface area contributed by atoms with Gasteiger partial charge in [0.15, 0.2) is 11.5 Å². The van der Waals surface area contributed by atoms with Crippen molar-refractivity contribution >= 4 is 5.91 Å². The molecule has 2 aromatic rings. The van der Waals surface area contributed by atoms with Crippen molar-refractivity contribution in [3.63, 3.8) is 0 Å². The van der Waals surface area contributed by atoms with Crippen LogP contribution in [0, 0.1) is 20.8 Å². The number of rotatable bonds is 3. The van der Waals surface area contributed by atoms with Crippen molar-refractivity contribution in [3.05, 3.63) is 58.1 Å². The van der Waals surface area contributed by atoms with E-state index in [1.165, 1.54) is 5.56 Å². The maximum absolute atomic E-state index is 12.6. The molecule has 0 aliphatic carbocycles. The maximum Gasteiger partial charge on any atom is 0.252 e. The lowest BCUT2D eigenvalue weighted by Gasteiger charge is -2.21. The Morgan fingerprint density at radius 2 is 1.62 bits per heavy atom. The predicted molar refractivity (Wildman–Crippen MR) is 94.0 cm³/mol. The topological polar surface area (TPSA) is 47.6 Å². The highest BCUT2D eigenvalue weighted by Gasteiger charge is 2.17. The number of hydrogen-bond acceptors (Lipinski definition) is 3. The van der Waals surface area contributed by atoms with Gasteiger partial charge in [-0.2, -0.15) is 0 Å². The Balaban J connectivity index is 1.78. The van der Waals surface area contributed by atoms with Crippen LogP contribution in [0.3, 0.4) is 0 Å². The summed E-state index contributed by atoms with van der Waals surface area (Å²) >= 11 is 0. The Labute approximate surface area is 142 Å². The van der Waals surface area contributed by atoms with Gasteiger partial charge in [0.2, 0.25) is 0 Å². The summed E-state index contributed by atoms with van der Waals surface area (Å²) < 4.78 is 11.2. The van der Waals surface area contributed by atoms with Crippen LogP contribution >= 0.6 is 0 Å². The summed E-state index contributed by atoms with van der Waals surface area (Å²) in [5, 5.41) is 3.07. The smallest absolute Gasteiger partial charge is 0.252 e. The second-order valence-corrected chi connectivity index (χ2v) is 6.35. The minimum Gasteiger partial charge on any atom is -0.486 e. The molecule has 1 atom stereocenters. The summed E-state index contributed by atoms with van der Waals surface area (Å²) in [4.78, 5) is 12.6. The fourth-order valence-electron chi connectivity index (χ4n) is 2.89. The molecule has 3 rings (SSSR count). The predicted octanol–water partition coefficient (Wildman–Crippen LogP) is 3.87. The molecular weight excluding hydrogens is 302 g/mol. The van der Waals surface area contributed by atoms with Gasteiger partial charge in [-0.05, 0) is 68.1 Å². The van der Waals surface area contributed by atoms with E-state index in [4.69, 9.17) is 9.47 Å². The summed E-state index contributed by atoms with van der Waals surface area (Å²) in [6.07, 6.45) is 0. The van der Waals surface area contributed by atoms with Gasteiger partial charge >= 0.3 is 0 Å². The van der Waals surface area contributed by atoms with Crippen molar-refractivity contribution in [2.45, 2.75) is 33.7 Å².